The molecule has 0 saturated heterocycles. The number of carboxylic acids is 1. The van der Waals surface area contributed by atoms with Crippen molar-refractivity contribution in [3.8, 4) is 0 Å². The highest BCUT2D eigenvalue weighted by Crippen LogP contribution is 2.41. The predicted octanol–water partition coefficient (Wildman–Crippen LogP) is 3.24. The van der Waals surface area contributed by atoms with Gasteiger partial charge in [-0.1, -0.05) is 18.2 Å². The fourth-order valence-corrected chi connectivity index (χ4v) is 2.99. The molecule has 0 atom stereocenters. The first kappa shape index (κ1) is 13.8. The smallest absolute Gasteiger partial charge is 0.335 e. The number of nitrogens with two attached hydrogens (primary N) is 1. The van der Waals surface area contributed by atoms with E-state index < -0.39 is 5.97 Å². The molecule has 0 amide bonds. The largest absolute Gasteiger partial charge is 0.478 e. The number of nitrogens with zero attached hydrogens (tertiary/aromatic N) is 2. The minimum Gasteiger partial charge on any atom is -0.478 e. The zero-order chi connectivity index (χ0) is 16.0. The molecule has 3 aromatic rings. The summed E-state index contributed by atoms with van der Waals surface area (Å²) in [4.78, 5) is 15.9. The second-order valence-corrected chi connectivity index (χ2v) is 6.05. The van der Waals surface area contributed by atoms with Crippen LogP contribution >= 0.6 is 0 Å². The first-order valence-electron chi connectivity index (χ1n) is 7.70. The minimum atomic E-state index is -0.908. The number of carboxylic acid groups (broad SMARTS) is 1. The van der Waals surface area contributed by atoms with E-state index in [2.05, 4.69) is 4.57 Å². The number of rotatable bonds is 4. The zero-order valence-electron chi connectivity index (χ0n) is 12.6. The van der Waals surface area contributed by atoms with Gasteiger partial charge in [-0.15, -0.1) is 0 Å². The third-order valence-corrected chi connectivity index (χ3v) is 4.30. The van der Waals surface area contributed by atoms with Crippen LogP contribution in [0.3, 0.4) is 0 Å². The van der Waals surface area contributed by atoms with E-state index in [1.54, 1.807) is 18.2 Å². The number of hydrogen-bond donors (Lipinski definition) is 2. The number of nitrogen functional groups attached to an aromatic ring is 1. The van der Waals surface area contributed by atoms with Crippen LogP contribution in [0.4, 0.5) is 5.69 Å². The Labute approximate surface area is 133 Å². The minimum absolute atomic E-state index is 0.305. The van der Waals surface area contributed by atoms with Gasteiger partial charge < -0.3 is 15.4 Å². The lowest BCUT2D eigenvalue weighted by molar-refractivity contribution is 0.0696. The number of aromatic nitrogens is 2. The number of benzene rings is 2. The van der Waals surface area contributed by atoms with E-state index in [9.17, 15) is 4.79 Å². The van der Waals surface area contributed by atoms with Gasteiger partial charge >= 0.3 is 5.97 Å². The Bertz CT molecular complexity index is 910. The number of imidazole rings is 1. The molecule has 3 N–H and O–H groups in total. The van der Waals surface area contributed by atoms with Gasteiger partial charge in [0.1, 0.15) is 11.3 Å². The van der Waals surface area contributed by atoms with Crippen molar-refractivity contribution in [2.75, 3.05) is 5.73 Å². The number of carbonyl (C=O) groups is 1. The van der Waals surface area contributed by atoms with Gasteiger partial charge in [-0.3, -0.25) is 0 Å². The van der Waals surface area contributed by atoms with E-state index in [1.807, 2.05) is 24.3 Å². The molecule has 1 aromatic heterocycles. The van der Waals surface area contributed by atoms with Crippen LogP contribution in [0.2, 0.25) is 0 Å². The van der Waals surface area contributed by atoms with Crippen molar-refractivity contribution in [3.05, 3.63) is 59.4 Å². The van der Waals surface area contributed by atoms with Crippen molar-refractivity contribution in [1.82, 2.24) is 9.55 Å². The van der Waals surface area contributed by atoms with Crippen LogP contribution in [0.25, 0.3) is 11.0 Å². The summed E-state index contributed by atoms with van der Waals surface area (Å²) in [5.74, 6) is 0.636. The Morgan fingerprint density at radius 2 is 2.04 bits per heavy atom. The highest BCUT2D eigenvalue weighted by atomic mass is 16.4. The fraction of sp³-hybridized carbons (Fsp3) is 0.222. The molecule has 0 spiro atoms. The topological polar surface area (TPSA) is 81.1 Å². The van der Waals surface area contributed by atoms with E-state index in [0.29, 0.717) is 23.7 Å². The highest BCUT2D eigenvalue weighted by Gasteiger charge is 2.30. The maximum Gasteiger partial charge on any atom is 0.335 e. The van der Waals surface area contributed by atoms with Crippen LogP contribution < -0.4 is 5.73 Å². The lowest BCUT2D eigenvalue weighted by Crippen LogP contribution is -2.05. The lowest BCUT2D eigenvalue weighted by Gasteiger charge is -2.09. The molecule has 4 rings (SSSR count). The third kappa shape index (κ3) is 2.44. The van der Waals surface area contributed by atoms with Gasteiger partial charge in [-0.25, -0.2) is 9.78 Å². The van der Waals surface area contributed by atoms with E-state index >= 15 is 0 Å². The van der Waals surface area contributed by atoms with Crippen molar-refractivity contribution in [3.63, 3.8) is 0 Å². The summed E-state index contributed by atoms with van der Waals surface area (Å²) in [6.45, 7) is 0.604. The van der Waals surface area contributed by atoms with Crippen LogP contribution in [0.15, 0.2) is 42.5 Å². The maximum absolute atomic E-state index is 11.2. The van der Waals surface area contributed by atoms with Crippen molar-refractivity contribution in [2.24, 2.45) is 0 Å². The number of para-hydroxylation sites is 1. The summed E-state index contributed by atoms with van der Waals surface area (Å²) in [5, 5.41) is 9.16. The second kappa shape index (κ2) is 5.12. The number of hydrogen-bond acceptors (Lipinski definition) is 3. The molecule has 0 aliphatic heterocycles. The fourth-order valence-electron chi connectivity index (χ4n) is 2.99. The molecule has 1 fully saturated rings. The van der Waals surface area contributed by atoms with Crippen LogP contribution in [-0.4, -0.2) is 20.6 Å². The Morgan fingerprint density at radius 1 is 1.26 bits per heavy atom. The summed E-state index contributed by atoms with van der Waals surface area (Å²) in [7, 11) is 0. The molecule has 1 aliphatic rings. The Morgan fingerprint density at radius 3 is 2.78 bits per heavy atom. The first-order chi connectivity index (χ1) is 11.1. The highest BCUT2D eigenvalue weighted by molar-refractivity contribution is 5.88. The Kier molecular flexibility index (Phi) is 3.08. The summed E-state index contributed by atoms with van der Waals surface area (Å²) < 4.78 is 2.17. The molecule has 5 heteroatoms. The van der Waals surface area contributed by atoms with Gasteiger partial charge in [0, 0.05) is 12.5 Å². The van der Waals surface area contributed by atoms with E-state index in [-0.39, 0.29) is 0 Å². The third-order valence-electron chi connectivity index (χ3n) is 4.30. The molecule has 5 nitrogen and oxygen atoms in total. The van der Waals surface area contributed by atoms with E-state index in [0.717, 1.165) is 35.3 Å². The summed E-state index contributed by atoms with van der Waals surface area (Å²) in [5.41, 5.74) is 9.85. The molecule has 0 radical (unpaired) electrons. The lowest BCUT2D eigenvalue weighted by atomic mass is 10.1. The van der Waals surface area contributed by atoms with E-state index in [4.69, 9.17) is 15.8 Å². The Hall–Kier alpha value is -2.82. The summed E-state index contributed by atoms with van der Waals surface area (Å²) >= 11 is 0. The average Bonchev–Trinajstić information content (AvgIpc) is 3.32. The first-order valence-corrected chi connectivity index (χ1v) is 7.70. The monoisotopic (exact) mass is 307 g/mol. The van der Waals surface area contributed by atoms with Crippen LogP contribution in [0.5, 0.6) is 0 Å². The SMILES string of the molecule is Nc1cccc2c1nc(C1CC1)n2Cc1cccc(C(=O)O)c1. The average molecular weight is 307 g/mol. The summed E-state index contributed by atoms with van der Waals surface area (Å²) in [6.07, 6.45) is 2.30. The van der Waals surface area contributed by atoms with Crippen LogP contribution in [0, 0.1) is 0 Å². The summed E-state index contributed by atoms with van der Waals surface area (Å²) in [6, 6.07) is 12.9. The number of aromatic carboxylic acids is 1. The molecular weight excluding hydrogens is 290 g/mol. The molecule has 2 aromatic carbocycles. The van der Waals surface area contributed by atoms with Gasteiger partial charge in [0.25, 0.3) is 0 Å². The van der Waals surface area contributed by atoms with Gasteiger partial charge in [0.15, 0.2) is 0 Å². The molecular formula is C18H17N3O2. The molecule has 1 aliphatic carbocycles. The maximum atomic E-state index is 11.2. The quantitative estimate of drug-likeness (QED) is 0.725. The van der Waals surface area contributed by atoms with Crippen molar-refractivity contribution in [1.29, 1.82) is 0 Å². The molecule has 0 unspecified atom stereocenters. The molecule has 0 bridgehead atoms. The van der Waals surface area contributed by atoms with Crippen molar-refractivity contribution < 1.29 is 9.90 Å². The van der Waals surface area contributed by atoms with Gasteiger partial charge in [-0.2, -0.15) is 0 Å². The van der Waals surface area contributed by atoms with Crippen molar-refractivity contribution >= 4 is 22.7 Å². The van der Waals surface area contributed by atoms with Crippen LogP contribution in [0.1, 0.15) is 40.5 Å². The van der Waals surface area contributed by atoms with Gasteiger partial charge in [0.2, 0.25) is 0 Å². The molecule has 23 heavy (non-hydrogen) atoms. The number of fused-ring (bicyclic) bond motifs is 1. The predicted molar refractivity (Wildman–Crippen MR) is 88.6 cm³/mol. The second-order valence-electron chi connectivity index (χ2n) is 6.05. The normalized spacial score (nSPS) is 14.3. The number of anilines is 1. The van der Waals surface area contributed by atoms with Gasteiger partial charge in [-0.05, 0) is 42.7 Å². The zero-order valence-corrected chi connectivity index (χ0v) is 12.6. The molecule has 1 heterocycles. The standard InChI is InChI=1S/C18H17N3O2/c19-14-5-2-6-15-16(14)20-17(12-7-8-12)21(15)10-11-3-1-4-13(9-11)18(22)23/h1-6,9,12H,7-8,10,19H2,(H,22,23). The van der Waals surface area contributed by atoms with Crippen LogP contribution in [-0.2, 0) is 6.54 Å². The molecule has 1 saturated carbocycles. The Balaban J connectivity index is 1.82. The van der Waals surface area contributed by atoms with E-state index in [1.165, 1.54) is 0 Å². The van der Waals surface area contributed by atoms with Gasteiger partial charge in [0.05, 0.1) is 16.8 Å². The van der Waals surface area contributed by atoms with Crippen molar-refractivity contribution in [2.45, 2.75) is 25.3 Å². The molecule has 116 valence electrons.